The van der Waals surface area contributed by atoms with Crippen molar-refractivity contribution in [2.24, 2.45) is 0 Å². The molecule has 4 rings (SSSR count). The van der Waals surface area contributed by atoms with E-state index < -0.39 is 0 Å². The third-order valence-electron chi connectivity index (χ3n) is 5.40. The zero-order valence-electron chi connectivity index (χ0n) is 18.7. The number of hydrogen-bond acceptors (Lipinski definition) is 5. The summed E-state index contributed by atoms with van der Waals surface area (Å²) >= 11 is 0. The van der Waals surface area contributed by atoms with Gasteiger partial charge in [-0.15, -0.1) is 0 Å². The summed E-state index contributed by atoms with van der Waals surface area (Å²) in [6.07, 6.45) is 0.639. The summed E-state index contributed by atoms with van der Waals surface area (Å²) in [6, 6.07) is 18.7. The van der Waals surface area contributed by atoms with E-state index in [1.165, 1.54) is 5.69 Å². The zero-order chi connectivity index (χ0) is 22.1. The van der Waals surface area contributed by atoms with Gasteiger partial charge in [-0.2, -0.15) is 0 Å². The highest BCUT2D eigenvalue weighted by Crippen LogP contribution is 2.26. The molecule has 0 bridgehead atoms. The number of pyridine rings is 1. The van der Waals surface area contributed by atoms with Crippen molar-refractivity contribution in [1.29, 1.82) is 0 Å². The summed E-state index contributed by atoms with van der Waals surface area (Å²) in [7, 11) is 4.93. The highest BCUT2D eigenvalue weighted by molar-refractivity contribution is 5.83. The van der Waals surface area contributed by atoms with Gasteiger partial charge in [0.1, 0.15) is 5.75 Å². The lowest BCUT2D eigenvalue weighted by Crippen LogP contribution is -2.46. The Hall–Kier alpha value is -2.70. The van der Waals surface area contributed by atoms with Crippen LogP contribution in [0.2, 0.25) is 0 Å². The molecule has 2 aromatic carbocycles. The molecular formula is C25H32FN3O2. The Labute approximate surface area is 184 Å². The summed E-state index contributed by atoms with van der Waals surface area (Å²) in [5.41, 5.74) is 4.29. The Morgan fingerprint density at radius 1 is 0.903 bits per heavy atom. The lowest BCUT2D eigenvalue weighted by atomic mass is 10.1. The average molecular weight is 426 g/mol. The number of ether oxygens (including phenoxy) is 2. The number of nitrogens with zero attached hydrogens (tertiary/aromatic N) is 3. The van der Waals surface area contributed by atoms with E-state index in [0.717, 1.165) is 60.6 Å². The van der Waals surface area contributed by atoms with Gasteiger partial charge in [-0.25, -0.2) is 4.98 Å². The van der Waals surface area contributed by atoms with Crippen LogP contribution in [0, 0.1) is 0 Å². The fourth-order valence-electron chi connectivity index (χ4n) is 3.75. The van der Waals surface area contributed by atoms with Crippen molar-refractivity contribution < 1.29 is 13.9 Å². The minimum absolute atomic E-state index is 0.224. The van der Waals surface area contributed by atoms with Gasteiger partial charge in [-0.05, 0) is 42.8 Å². The second-order valence-corrected chi connectivity index (χ2v) is 7.58. The van der Waals surface area contributed by atoms with E-state index in [0.29, 0.717) is 6.42 Å². The zero-order valence-corrected chi connectivity index (χ0v) is 18.7. The molecule has 5 nitrogen and oxygen atoms in total. The minimum Gasteiger partial charge on any atom is -0.497 e. The second-order valence-electron chi connectivity index (χ2n) is 7.58. The second kappa shape index (κ2) is 11.6. The van der Waals surface area contributed by atoms with Crippen molar-refractivity contribution in [2.75, 3.05) is 65.6 Å². The number of rotatable bonds is 6. The predicted molar refractivity (Wildman–Crippen MR) is 126 cm³/mol. The molecule has 1 fully saturated rings. The molecule has 1 aromatic heterocycles. The number of methoxy groups -OCH3 is 2. The lowest BCUT2D eigenvalue weighted by Gasteiger charge is -2.36. The van der Waals surface area contributed by atoms with Crippen LogP contribution in [0.3, 0.4) is 0 Å². The predicted octanol–water partition coefficient (Wildman–Crippen LogP) is 4.65. The first-order valence-electron chi connectivity index (χ1n) is 10.7. The van der Waals surface area contributed by atoms with E-state index in [9.17, 15) is 4.39 Å². The van der Waals surface area contributed by atoms with Crippen LogP contribution in [0.5, 0.6) is 5.75 Å². The molecule has 0 spiro atoms. The Morgan fingerprint density at radius 3 is 2.26 bits per heavy atom. The standard InChI is InChI=1S/C23H26FN3O.C2H6O/c1-28-21-8-10-23-19(17-21)5-9-22(25-23)18-3-6-20(7-4-18)27-15-13-26(14-16-27)12-2-11-24;1-3-2/h3-10,17H,2,11-16H2,1H3;1-2H3. The SMILES string of the molecule is COC.COc1ccc2nc(-c3ccc(N4CCN(CCCF)CC4)cc3)ccc2c1. The maximum Gasteiger partial charge on any atom is 0.119 e. The fraction of sp³-hybridized carbons (Fsp3) is 0.400. The molecule has 0 aliphatic carbocycles. The Kier molecular flexibility index (Phi) is 8.62. The maximum absolute atomic E-state index is 12.3. The maximum atomic E-state index is 12.3. The molecule has 0 unspecified atom stereocenters. The van der Waals surface area contributed by atoms with Crippen LogP contribution < -0.4 is 9.64 Å². The van der Waals surface area contributed by atoms with E-state index in [2.05, 4.69) is 50.9 Å². The number of hydrogen-bond donors (Lipinski definition) is 0. The van der Waals surface area contributed by atoms with Gasteiger partial charge in [0.25, 0.3) is 0 Å². The molecule has 0 amide bonds. The third-order valence-corrected chi connectivity index (χ3v) is 5.40. The Bertz CT molecular complexity index is 941. The van der Waals surface area contributed by atoms with Gasteiger partial charge in [0.05, 0.1) is 25.0 Å². The number of fused-ring (bicyclic) bond motifs is 1. The van der Waals surface area contributed by atoms with Crippen LogP contribution in [0.25, 0.3) is 22.2 Å². The third kappa shape index (κ3) is 6.15. The van der Waals surface area contributed by atoms with E-state index in [-0.39, 0.29) is 6.67 Å². The number of anilines is 1. The van der Waals surface area contributed by atoms with Crippen LogP contribution in [-0.2, 0) is 4.74 Å². The molecule has 0 radical (unpaired) electrons. The van der Waals surface area contributed by atoms with Crippen molar-refractivity contribution in [3.8, 4) is 17.0 Å². The Balaban J connectivity index is 0.000000858. The summed E-state index contributed by atoms with van der Waals surface area (Å²) in [5.74, 6) is 0.844. The van der Waals surface area contributed by atoms with Gasteiger partial charge in [0.15, 0.2) is 0 Å². The molecule has 1 saturated heterocycles. The number of alkyl halides is 1. The fourth-order valence-corrected chi connectivity index (χ4v) is 3.75. The smallest absolute Gasteiger partial charge is 0.119 e. The molecule has 2 heterocycles. The van der Waals surface area contributed by atoms with Gasteiger partial charge in [0.2, 0.25) is 0 Å². The van der Waals surface area contributed by atoms with Crippen molar-refractivity contribution in [1.82, 2.24) is 9.88 Å². The number of benzene rings is 2. The van der Waals surface area contributed by atoms with Gasteiger partial charge in [-0.3, -0.25) is 9.29 Å². The molecule has 6 heteroatoms. The van der Waals surface area contributed by atoms with Crippen molar-refractivity contribution >= 4 is 16.6 Å². The normalized spacial score (nSPS) is 14.3. The summed E-state index contributed by atoms with van der Waals surface area (Å²) in [6.45, 7) is 4.61. The number of halogens is 1. The molecule has 0 saturated carbocycles. The first-order chi connectivity index (χ1) is 15.2. The quantitative estimate of drug-likeness (QED) is 0.575. The lowest BCUT2D eigenvalue weighted by molar-refractivity contribution is 0.245. The van der Waals surface area contributed by atoms with Crippen molar-refractivity contribution in [3.63, 3.8) is 0 Å². The molecule has 166 valence electrons. The van der Waals surface area contributed by atoms with Gasteiger partial charge >= 0.3 is 0 Å². The van der Waals surface area contributed by atoms with Crippen molar-refractivity contribution in [2.45, 2.75) is 6.42 Å². The molecule has 0 N–H and O–H groups in total. The van der Waals surface area contributed by atoms with Gasteiger partial charge in [0, 0.05) is 63.6 Å². The van der Waals surface area contributed by atoms with Crippen LogP contribution >= 0.6 is 0 Å². The first-order valence-corrected chi connectivity index (χ1v) is 10.7. The average Bonchev–Trinajstić information content (AvgIpc) is 2.83. The van der Waals surface area contributed by atoms with Crippen LogP contribution in [0.15, 0.2) is 54.6 Å². The number of piperazine rings is 1. The molecule has 1 aliphatic rings. The van der Waals surface area contributed by atoms with E-state index in [1.54, 1.807) is 21.3 Å². The first kappa shape index (κ1) is 23.0. The van der Waals surface area contributed by atoms with Crippen LogP contribution in [-0.4, -0.2) is 70.6 Å². The summed E-state index contributed by atoms with van der Waals surface area (Å²) < 4.78 is 21.9. The highest BCUT2D eigenvalue weighted by atomic mass is 19.1. The van der Waals surface area contributed by atoms with Crippen molar-refractivity contribution in [3.05, 3.63) is 54.6 Å². The topological polar surface area (TPSA) is 37.8 Å². The summed E-state index contributed by atoms with van der Waals surface area (Å²) in [4.78, 5) is 9.54. The van der Waals surface area contributed by atoms with Crippen LogP contribution in [0.4, 0.5) is 10.1 Å². The van der Waals surface area contributed by atoms with E-state index in [4.69, 9.17) is 9.72 Å². The number of aromatic nitrogens is 1. The Morgan fingerprint density at radius 2 is 1.61 bits per heavy atom. The van der Waals surface area contributed by atoms with Crippen LogP contribution in [0.1, 0.15) is 6.42 Å². The molecule has 1 aliphatic heterocycles. The largest absolute Gasteiger partial charge is 0.497 e. The highest BCUT2D eigenvalue weighted by Gasteiger charge is 2.16. The molecule has 31 heavy (non-hydrogen) atoms. The molecular weight excluding hydrogens is 393 g/mol. The molecule has 3 aromatic rings. The van der Waals surface area contributed by atoms with E-state index >= 15 is 0 Å². The summed E-state index contributed by atoms with van der Waals surface area (Å²) in [5, 5.41) is 1.07. The monoisotopic (exact) mass is 425 g/mol. The van der Waals surface area contributed by atoms with E-state index in [1.807, 2.05) is 18.2 Å². The van der Waals surface area contributed by atoms with Gasteiger partial charge in [-0.1, -0.05) is 18.2 Å². The molecule has 0 atom stereocenters. The minimum atomic E-state index is -0.224. The van der Waals surface area contributed by atoms with Gasteiger partial charge < -0.3 is 14.4 Å².